The molecule has 0 saturated heterocycles. The van der Waals surface area contributed by atoms with E-state index in [-0.39, 0.29) is 37.5 Å². The zero-order chi connectivity index (χ0) is 50.4. The molecule has 0 bridgehead atoms. The summed E-state index contributed by atoms with van der Waals surface area (Å²) < 4.78 is 33.9. The Balaban J connectivity index is 0.000000219. The van der Waals surface area contributed by atoms with Crippen LogP contribution in [0.2, 0.25) is 19.6 Å². The number of para-hydroxylation sites is 3. The van der Waals surface area contributed by atoms with Crippen molar-refractivity contribution in [2.75, 3.05) is 0 Å². The van der Waals surface area contributed by atoms with Crippen molar-refractivity contribution in [1.29, 1.82) is 0 Å². The normalized spacial score (nSPS) is 12.6. The Morgan fingerprint density at radius 3 is 1.97 bits per heavy atom. The molecule has 0 atom stereocenters. The summed E-state index contributed by atoms with van der Waals surface area (Å²) in [5.74, 6) is 1.74. The number of pyridine rings is 1. The molecule has 0 amide bonds. The fraction of sp³-hybridized carbons (Fsp3) is 0.238. The van der Waals surface area contributed by atoms with Crippen LogP contribution in [0.4, 0.5) is 0 Å². The van der Waals surface area contributed by atoms with E-state index in [0.717, 1.165) is 45.3 Å². The summed E-state index contributed by atoms with van der Waals surface area (Å²) >= 11 is 0. The minimum Gasteiger partial charge on any atom is -0.500 e. The maximum absolute atomic E-state index is 8.35. The predicted octanol–water partition coefficient (Wildman–Crippen LogP) is 16.9. The number of aryl methyl sites for hydroxylation is 2. The maximum atomic E-state index is 8.35. The number of fused-ring (bicyclic) bond motifs is 4. The average molecular weight is 1100 g/mol. The smallest absolute Gasteiger partial charge is 0.123 e. The largest absolute Gasteiger partial charge is 0.500 e. The topological polar surface area (TPSA) is 43.9 Å². The van der Waals surface area contributed by atoms with Crippen molar-refractivity contribution >= 4 is 46.2 Å². The predicted molar refractivity (Wildman–Crippen MR) is 291 cm³/mol. The first-order valence-electron chi connectivity index (χ1n) is 25.5. The molecule has 3 heterocycles. The van der Waals surface area contributed by atoms with Crippen LogP contribution in [0.1, 0.15) is 85.3 Å². The Hall–Kier alpha value is -6.17. The first-order valence-corrected chi connectivity index (χ1v) is 27.5. The van der Waals surface area contributed by atoms with Crippen molar-refractivity contribution in [2.24, 2.45) is 5.92 Å². The summed E-state index contributed by atoms with van der Waals surface area (Å²) in [6.45, 7) is 20.3. The second-order valence-electron chi connectivity index (χ2n) is 20.2. The number of hydrogen-bond donors (Lipinski definition) is 0. The van der Waals surface area contributed by atoms with Gasteiger partial charge in [0.2, 0.25) is 0 Å². The van der Waals surface area contributed by atoms with Crippen LogP contribution in [0.3, 0.4) is 0 Å². The number of rotatable bonds is 10. The summed E-state index contributed by atoms with van der Waals surface area (Å²) in [5.41, 5.74) is 16.7. The Labute approximate surface area is 428 Å². The molecule has 10 rings (SSSR count). The van der Waals surface area contributed by atoms with E-state index in [2.05, 4.69) is 169 Å². The van der Waals surface area contributed by atoms with E-state index in [1.54, 1.807) is 6.07 Å². The maximum Gasteiger partial charge on any atom is 0.123 e. The molecule has 0 aliphatic rings. The van der Waals surface area contributed by atoms with Crippen molar-refractivity contribution in [3.8, 4) is 50.6 Å². The Morgan fingerprint density at radius 2 is 1.33 bits per heavy atom. The second kappa shape index (κ2) is 20.4. The van der Waals surface area contributed by atoms with Crippen LogP contribution in [0.15, 0.2) is 156 Å². The van der Waals surface area contributed by atoms with Crippen LogP contribution in [0.5, 0.6) is 0 Å². The molecule has 0 spiro atoms. The minimum atomic E-state index is -2.34. The van der Waals surface area contributed by atoms with Crippen molar-refractivity contribution in [3.05, 3.63) is 192 Å². The summed E-state index contributed by atoms with van der Waals surface area (Å²) in [7, 11) is -1.40. The van der Waals surface area contributed by atoms with Gasteiger partial charge in [0.25, 0.3) is 0 Å². The Bertz CT molecular complexity index is 3500. The molecule has 7 aromatic carbocycles. The van der Waals surface area contributed by atoms with E-state index in [4.69, 9.17) is 18.5 Å². The van der Waals surface area contributed by atoms with Crippen LogP contribution >= 0.6 is 0 Å². The van der Waals surface area contributed by atoms with E-state index in [9.17, 15) is 0 Å². The van der Waals surface area contributed by atoms with E-state index in [1.807, 2.05) is 61.5 Å². The SMILES string of the molecule is CC(C)Cc1cc(-c2[c-]ccc(-c3ccccc3)c2)ncc1[Si](C)(C)C.[2H]C([2H])([2H])c1c[c-]c(-c2nc3ccccc3n2-c2c(C(C)C)cc(-c3ccccc3)cc2C(C)C)c2oc3c(C)cccc3c12.[Ir]. The van der Waals surface area contributed by atoms with Crippen LogP contribution in [-0.2, 0) is 26.5 Å². The fourth-order valence-corrected chi connectivity index (χ4v) is 11.1. The van der Waals surface area contributed by atoms with Crippen LogP contribution in [-0.4, -0.2) is 22.6 Å². The molecule has 10 aromatic rings. The van der Waals surface area contributed by atoms with Gasteiger partial charge >= 0.3 is 0 Å². The second-order valence-corrected chi connectivity index (χ2v) is 25.2. The van der Waals surface area contributed by atoms with E-state index in [1.165, 1.54) is 44.1 Å². The Morgan fingerprint density at radius 1 is 0.681 bits per heavy atom. The Kier molecular flexibility index (Phi) is 13.4. The molecule has 6 heteroatoms. The van der Waals surface area contributed by atoms with Gasteiger partial charge < -0.3 is 14.0 Å². The van der Waals surface area contributed by atoms with Crippen molar-refractivity contribution in [3.63, 3.8) is 0 Å². The van der Waals surface area contributed by atoms with Gasteiger partial charge in [-0.25, -0.2) is 0 Å². The van der Waals surface area contributed by atoms with E-state index >= 15 is 0 Å². The first-order chi connectivity index (χ1) is 33.9. The van der Waals surface area contributed by atoms with Gasteiger partial charge in [-0.2, -0.15) is 0 Å². The summed E-state index contributed by atoms with van der Waals surface area (Å²) in [6.07, 6.45) is 3.23. The number of benzene rings is 7. The van der Waals surface area contributed by atoms with Gasteiger partial charge in [-0.05, 0) is 99.6 Å². The molecule has 0 unspecified atom stereocenters. The number of aromatic nitrogens is 3. The van der Waals surface area contributed by atoms with Crippen molar-refractivity contribution in [1.82, 2.24) is 14.5 Å². The third kappa shape index (κ3) is 9.99. The number of imidazole rings is 1. The standard InChI is InChI=1S/C39H35N2O.C24H28NSi.Ir/c1-23(2)31-21-28(27-14-8-7-9-15-27)22-32(24(3)4)36(31)41-34-18-11-10-17-33(34)40-39(41)30-20-19-25(5)35-29-16-12-13-26(6)37(29)42-38(30)35;1-18(2)14-22-16-23(25-17-24(22)26(3,4)5)21-13-9-12-20(15-21)19-10-7-6-8-11-19;/h7-19,21-24H,1-6H3;6-12,15-18H,14H2,1-5H3;/q2*-1;/i5D3;;. The quantitative estimate of drug-likeness (QED) is 0.101. The molecule has 0 saturated carbocycles. The molecule has 4 nitrogen and oxygen atoms in total. The number of nitrogens with zero attached hydrogens (tertiary/aromatic N) is 3. The van der Waals surface area contributed by atoms with Gasteiger partial charge in [-0.15, -0.1) is 53.1 Å². The molecule has 1 radical (unpaired) electrons. The monoisotopic (exact) mass is 1100 g/mol. The van der Waals surface area contributed by atoms with Crippen molar-refractivity contribution in [2.45, 2.75) is 93.2 Å². The molecule has 351 valence electrons. The zero-order valence-electron chi connectivity index (χ0n) is 44.5. The van der Waals surface area contributed by atoms with Crippen LogP contribution in [0, 0.1) is 31.8 Å². The van der Waals surface area contributed by atoms with Gasteiger partial charge in [-0.3, -0.25) is 4.98 Å². The van der Waals surface area contributed by atoms with Gasteiger partial charge in [0.15, 0.2) is 0 Å². The minimum absolute atomic E-state index is 0. The molecule has 3 aromatic heterocycles. The third-order valence-electron chi connectivity index (χ3n) is 12.9. The molecule has 0 aliphatic carbocycles. The number of furan rings is 1. The van der Waals surface area contributed by atoms with Gasteiger partial charge in [0, 0.05) is 41.5 Å². The van der Waals surface area contributed by atoms with Crippen LogP contribution in [0.25, 0.3) is 83.6 Å². The first kappa shape index (κ1) is 45.3. The molecule has 69 heavy (non-hydrogen) atoms. The molecular weight excluding hydrogens is 1040 g/mol. The zero-order valence-corrected chi connectivity index (χ0v) is 44.9. The van der Waals surface area contributed by atoms with Gasteiger partial charge in [-0.1, -0.05) is 182 Å². The van der Waals surface area contributed by atoms with Crippen LogP contribution < -0.4 is 5.19 Å². The molecule has 0 N–H and O–H groups in total. The third-order valence-corrected chi connectivity index (χ3v) is 15.0. The van der Waals surface area contributed by atoms with Crippen molar-refractivity contribution < 1.29 is 28.6 Å². The summed E-state index contributed by atoms with van der Waals surface area (Å²) in [6, 6.07) is 56.6. The summed E-state index contributed by atoms with van der Waals surface area (Å²) in [4.78, 5) is 10.0. The number of hydrogen-bond acceptors (Lipinski definition) is 3. The van der Waals surface area contributed by atoms with E-state index < -0.39 is 14.9 Å². The molecular formula is C63H63IrN3OSi-2. The molecule has 0 aliphatic heterocycles. The van der Waals surface area contributed by atoms with E-state index in [0.29, 0.717) is 33.9 Å². The average Bonchev–Trinajstić information content (AvgIpc) is 3.93. The van der Waals surface area contributed by atoms with Gasteiger partial charge in [0.05, 0.1) is 30.5 Å². The fourth-order valence-electron chi connectivity index (χ4n) is 9.54. The summed E-state index contributed by atoms with van der Waals surface area (Å²) in [5, 5.41) is 2.86. The molecule has 0 fully saturated rings. The van der Waals surface area contributed by atoms with Gasteiger partial charge in [0.1, 0.15) is 5.58 Å².